The second-order valence-corrected chi connectivity index (χ2v) is 7.03. The van der Waals surface area contributed by atoms with E-state index in [4.69, 9.17) is 0 Å². The van der Waals surface area contributed by atoms with Crippen molar-refractivity contribution in [3.05, 3.63) is 53.0 Å². The fraction of sp³-hybridized carbons (Fsp3) is 0.400. The van der Waals surface area contributed by atoms with Gasteiger partial charge < -0.3 is 9.88 Å². The highest BCUT2D eigenvalue weighted by Gasteiger charge is 2.26. The number of nitrogens with one attached hydrogen (secondary N) is 2. The first kappa shape index (κ1) is 15.9. The van der Waals surface area contributed by atoms with Gasteiger partial charge in [0.2, 0.25) is 5.91 Å². The molecule has 1 fully saturated rings. The number of nitrogens with zero attached hydrogens (tertiary/aromatic N) is 2. The molecule has 0 saturated carbocycles. The Hall–Kier alpha value is -2.56. The van der Waals surface area contributed by atoms with E-state index in [1.54, 1.807) is 0 Å². The fourth-order valence-corrected chi connectivity index (χ4v) is 3.97. The number of amides is 1. The average molecular weight is 336 g/mol. The van der Waals surface area contributed by atoms with Crippen LogP contribution in [0, 0.1) is 13.8 Å². The van der Waals surface area contributed by atoms with Crippen LogP contribution in [0.1, 0.15) is 41.3 Å². The number of aromatic amines is 2. The Balaban J connectivity index is 1.42. The molecule has 0 spiro atoms. The number of likely N-dealkylation sites (tertiary alicyclic amines) is 1. The summed E-state index contributed by atoms with van der Waals surface area (Å²) < 4.78 is 0. The summed E-state index contributed by atoms with van der Waals surface area (Å²) in [5.74, 6) is 0.738. The summed E-state index contributed by atoms with van der Waals surface area (Å²) in [5.41, 5.74) is 5.56. The van der Waals surface area contributed by atoms with Crippen LogP contribution < -0.4 is 0 Å². The number of rotatable bonds is 3. The molecule has 4 rings (SSSR count). The number of benzene rings is 1. The van der Waals surface area contributed by atoms with Gasteiger partial charge in [0.25, 0.3) is 0 Å². The van der Waals surface area contributed by atoms with E-state index >= 15 is 0 Å². The van der Waals surface area contributed by atoms with Crippen molar-refractivity contribution in [1.29, 1.82) is 0 Å². The Morgan fingerprint density at radius 3 is 2.72 bits per heavy atom. The monoisotopic (exact) mass is 336 g/mol. The van der Waals surface area contributed by atoms with Gasteiger partial charge in [-0.3, -0.25) is 9.89 Å². The minimum absolute atomic E-state index is 0.213. The number of aryl methyl sites for hydroxylation is 2. The van der Waals surface area contributed by atoms with Crippen molar-refractivity contribution < 1.29 is 4.79 Å². The predicted octanol–water partition coefficient (Wildman–Crippen LogP) is 3.46. The standard InChI is InChI=1S/C20H24N4O/c1-13-17(14(2)23-22-13)11-20(25)24-9-7-15(8-10-24)18-12-21-19-6-4-3-5-16(18)19/h3-6,12,15,21H,7-11H2,1-2H3,(H,22,23). The molecule has 0 aliphatic carbocycles. The Bertz CT molecular complexity index is 880. The van der Waals surface area contributed by atoms with Crippen LogP contribution in [-0.4, -0.2) is 39.1 Å². The summed E-state index contributed by atoms with van der Waals surface area (Å²) in [5, 5.41) is 8.47. The van der Waals surface area contributed by atoms with Crippen LogP contribution >= 0.6 is 0 Å². The van der Waals surface area contributed by atoms with Crippen LogP contribution in [0.25, 0.3) is 10.9 Å². The topological polar surface area (TPSA) is 64.8 Å². The first-order valence-corrected chi connectivity index (χ1v) is 8.97. The van der Waals surface area contributed by atoms with E-state index < -0.39 is 0 Å². The van der Waals surface area contributed by atoms with Gasteiger partial charge in [-0.1, -0.05) is 18.2 Å². The number of carbonyl (C=O) groups excluding carboxylic acids is 1. The lowest BCUT2D eigenvalue weighted by Crippen LogP contribution is -2.38. The molecule has 130 valence electrons. The molecule has 5 nitrogen and oxygen atoms in total. The molecule has 2 aromatic heterocycles. The summed E-state index contributed by atoms with van der Waals surface area (Å²) in [6.45, 7) is 5.60. The maximum absolute atomic E-state index is 12.7. The molecule has 5 heteroatoms. The molecule has 3 aromatic rings. The van der Waals surface area contributed by atoms with Crippen LogP contribution in [0.5, 0.6) is 0 Å². The summed E-state index contributed by atoms with van der Waals surface area (Å²) in [7, 11) is 0. The zero-order valence-corrected chi connectivity index (χ0v) is 14.8. The minimum Gasteiger partial charge on any atom is -0.361 e. The molecule has 0 radical (unpaired) electrons. The second-order valence-electron chi connectivity index (χ2n) is 7.03. The highest BCUT2D eigenvalue weighted by Crippen LogP contribution is 2.33. The van der Waals surface area contributed by atoms with Gasteiger partial charge in [0.15, 0.2) is 0 Å². The summed E-state index contributed by atoms with van der Waals surface area (Å²) in [4.78, 5) is 18.0. The van der Waals surface area contributed by atoms with Crippen molar-refractivity contribution in [2.24, 2.45) is 0 Å². The number of para-hydroxylation sites is 1. The van der Waals surface area contributed by atoms with Gasteiger partial charge in [0.1, 0.15) is 0 Å². The molecule has 0 atom stereocenters. The lowest BCUT2D eigenvalue weighted by atomic mass is 9.89. The van der Waals surface area contributed by atoms with Crippen molar-refractivity contribution in [3.8, 4) is 0 Å². The largest absolute Gasteiger partial charge is 0.361 e. The van der Waals surface area contributed by atoms with E-state index in [-0.39, 0.29) is 5.91 Å². The quantitative estimate of drug-likeness (QED) is 0.769. The molecule has 1 amide bonds. The first-order chi connectivity index (χ1) is 12.1. The van der Waals surface area contributed by atoms with Crippen molar-refractivity contribution in [2.75, 3.05) is 13.1 Å². The smallest absolute Gasteiger partial charge is 0.227 e. The van der Waals surface area contributed by atoms with Crippen molar-refractivity contribution >= 4 is 16.8 Å². The van der Waals surface area contributed by atoms with Crippen LogP contribution in [-0.2, 0) is 11.2 Å². The van der Waals surface area contributed by atoms with Gasteiger partial charge in [-0.25, -0.2) is 0 Å². The number of fused-ring (bicyclic) bond motifs is 1. The maximum Gasteiger partial charge on any atom is 0.227 e. The van der Waals surface area contributed by atoms with E-state index in [2.05, 4.69) is 45.6 Å². The zero-order valence-electron chi connectivity index (χ0n) is 14.8. The van der Waals surface area contributed by atoms with Gasteiger partial charge in [0.05, 0.1) is 12.1 Å². The fourth-order valence-electron chi connectivity index (χ4n) is 3.97. The predicted molar refractivity (Wildman–Crippen MR) is 98.6 cm³/mol. The number of aromatic nitrogens is 3. The van der Waals surface area contributed by atoms with Gasteiger partial charge in [0, 0.05) is 41.4 Å². The van der Waals surface area contributed by atoms with E-state index in [1.807, 2.05) is 18.7 Å². The molecule has 1 aliphatic rings. The van der Waals surface area contributed by atoms with E-state index in [0.717, 1.165) is 42.9 Å². The number of carbonyl (C=O) groups is 1. The highest BCUT2D eigenvalue weighted by molar-refractivity contribution is 5.84. The third kappa shape index (κ3) is 2.95. The molecule has 25 heavy (non-hydrogen) atoms. The first-order valence-electron chi connectivity index (χ1n) is 8.97. The van der Waals surface area contributed by atoms with E-state index in [9.17, 15) is 4.79 Å². The third-order valence-electron chi connectivity index (χ3n) is 5.52. The SMILES string of the molecule is Cc1n[nH]c(C)c1CC(=O)N1CCC(c2c[nH]c3ccccc23)CC1. The molecule has 2 N–H and O–H groups in total. The Labute approximate surface area is 147 Å². The molecule has 3 heterocycles. The molecule has 1 aromatic carbocycles. The Morgan fingerprint density at radius 2 is 2.00 bits per heavy atom. The summed E-state index contributed by atoms with van der Waals surface area (Å²) >= 11 is 0. The molecular weight excluding hydrogens is 312 g/mol. The average Bonchev–Trinajstić information content (AvgIpc) is 3.20. The van der Waals surface area contributed by atoms with E-state index in [1.165, 1.54) is 16.5 Å². The maximum atomic E-state index is 12.7. The normalized spacial score (nSPS) is 15.8. The second kappa shape index (κ2) is 6.39. The van der Waals surface area contributed by atoms with Crippen LogP contribution in [0.2, 0.25) is 0 Å². The summed E-state index contributed by atoms with van der Waals surface area (Å²) in [6.07, 6.45) is 4.64. The molecule has 0 bridgehead atoms. The van der Waals surface area contributed by atoms with Gasteiger partial charge >= 0.3 is 0 Å². The number of hydrogen-bond acceptors (Lipinski definition) is 2. The Morgan fingerprint density at radius 1 is 1.24 bits per heavy atom. The third-order valence-corrected chi connectivity index (χ3v) is 5.52. The van der Waals surface area contributed by atoms with Crippen LogP contribution in [0.3, 0.4) is 0 Å². The van der Waals surface area contributed by atoms with Crippen molar-refractivity contribution in [1.82, 2.24) is 20.1 Å². The zero-order chi connectivity index (χ0) is 17.4. The minimum atomic E-state index is 0.213. The van der Waals surface area contributed by atoms with Gasteiger partial charge in [-0.15, -0.1) is 0 Å². The number of piperidine rings is 1. The lowest BCUT2D eigenvalue weighted by molar-refractivity contribution is -0.131. The summed E-state index contributed by atoms with van der Waals surface area (Å²) in [6, 6.07) is 8.45. The molecular formula is C20H24N4O. The van der Waals surface area contributed by atoms with Gasteiger partial charge in [-0.2, -0.15) is 5.10 Å². The highest BCUT2D eigenvalue weighted by atomic mass is 16.2. The van der Waals surface area contributed by atoms with Crippen molar-refractivity contribution in [3.63, 3.8) is 0 Å². The number of H-pyrrole nitrogens is 2. The number of hydrogen-bond donors (Lipinski definition) is 2. The lowest BCUT2D eigenvalue weighted by Gasteiger charge is -2.32. The van der Waals surface area contributed by atoms with Crippen LogP contribution in [0.4, 0.5) is 0 Å². The molecule has 0 unspecified atom stereocenters. The van der Waals surface area contributed by atoms with Crippen LogP contribution in [0.15, 0.2) is 30.5 Å². The molecule has 1 aliphatic heterocycles. The Kier molecular flexibility index (Phi) is 4.07. The van der Waals surface area contributed by atoms with Gasteiger partial charge in [-0.05, 0) is 44.2 Å². The molecule has 1 saturated heterocycles. The van der Waals surface area contributed by atoms with Crippen molar-refractivity contribution in [2.45, 2.75) is 39.0 Å². The van der Waals surface area contributed by atoms with E-state index in [0.29, 0.717) is 12.3 Å².